The Kier molecular flexibility index (Phi) is 19.3. The minimum absolute atomic E-state index is 0.147. The number of halogens is 2. The molecule has 5 rings (SSSR count). The third-order valence-electron chi connectivity index (χ3n) is 11.8. The Hall–Kier alpha value is -5.40. The van der Waals surface area contributed by atoms with Crippen molar-refractivity contribution in [2.45, 2.75) is 76.5 Å². The second-order valence-corrected chi connectivity index (χ2v) is 17.0. The highest BCUT2D eigenvalue weighted by Gasteiger charge is 2.47. The molecule has 2 saturated heterocycles. The molecule has 65 heavy (non-hydrogen) atoms. The van der Waals surface area contributed by atoms with E-state index in [1.807, 2.05) is 35.0 Å². The number of nitriles is 1. The number of hydrogen-bond acceptors (Lipinski definition) is 14. The zero-order valence-corrected chi connectivity index (χ0v) is 37.8. The zero-order valence-electron chi connectivity index (χ0n) is 37.8. The molecular weight excluding hydrogens is 847 g/mol. The smallest absolute Gasteiger partial charge is 0.320 e. The predicted octanol–water partition coefficient (Wildman–Crippen LogP) is 2.19. The van der Waals surface area contributed by atoms with Crippen molar-refractivity contribution in [3.8, 4) is 11.8 Å². The summed E-state index contributed by atoms with van der Waals surface area (Å²) in [7, 11) is 3.94. The second-order valence-electron chi connectivity index (χ2n) is 17.0. The molecule has 21 heteroatoms. The van der Waals surface area contributed by atoms with Gasteiger partial charge in [0.1, 0.15) is 23.3 Å². The van der Waals surface area contributed by atoms with Crippen molar-refractivity contribution in [1.82, 2.24) is 54.7 Å². The number of hydrogen-bond donors (Lipinski definition) is 3. The summed E-state index contributed by atoms with van der Waals surface area (Å²) in [4.78, 5) is 66.3. The Morgan fingerprint density at radius 1 is 0.969 bits per heavy atom. The lowest BCUT2D eigenvalue weighted by atomic mass is 10.1. The number of para-hydroxylation sites is 1. The number of benzene rings is 1. The van der Waals surface area contributed by atoms with E-state index in [-0.39, 0.29) is 12.1 Å². The van der Waals surface area contributed by atoms with Gasteiger partial charge in [0.2, 0.25) is 5.91 Å². The number of aromatic nitrogens is 4. The number of carbonyl (C=O) groups excluding carboxylic acids is 2. The maximum absolute atomic E-state index is 13.9. The first-order valence-corrected chi connectivity index (χ1v) is 22.4. The van der Waals surface area contributed by atoms with Crippen molar-refractivity contribution in [2.75, 3.05) is 106 Å². The van der Waals surface area contributed by atoms with Crippen molar-refractivity contribution in [3.05, 3.63) is 47.9 Å². The summed E-state index contributed by atoms with van der Waals surface area (Å²) < 4.78 is 35.7. The van der Waals surface area contributed by atoms with Crippen LogP contribution in [0, 0.1) is 11.3 Å². The van der Waals surface area contributed by atoms with Gasteiger partial charge >= 0.3 is 11.9 Å². The van der Waals surface area contributed by atoms with Crippen molar-refractivity contribution < 1.29 is 42.9 Å². The molecule has 3 aromatic rings. The summed E-state index contributed by atoms with van der Waals surface area (Å²) in [5.74, 6) is -5.87. The van der Waals surface area contributed by atoms with Crippen molar-refractivity contribution in [1.29, 1.82) is 5.26 Å². The standard InChI is InChI=1S/C44H64F2N12O7/c1-4-53-17-18-54(19-20-55(31-40(60)61)22-24-56(23-21-53)37(43(63)64)11-5-6-16-57-30-33(50-51-57)29-52(2)3)15-7-8-25-65-38-12-9-10-35-36(13-14-48-41(35)38)42(62)49-28-39(59)58-32-44(45,46)26-34(58)27-47/h9-10,12-14,30,34,37H,4-8,11,15-26,28-29,31-32H2,1-3H3,(H,49,62)(H,60,61)(H,63,64). The summed E-state index contributed by atoms with van der Waals surface area (Å²) in [5, 5.41) is 40.8. The molecule has 356 valence electrons. The first-order chi connectivity index (χ1) is 31.2. The summed E-state index contributed by atoms with van der Waals surface area (Å²) in [5.41, 5.74) is 1.55. The van der Waals surface area contributed by atoms with Crippen LogP contribution in [0.1, 0.15) is 61.5 Å². The van der Waals surface area contributed by atoms with E-state index in [4.69, 9.17) is 4.74 Å². The van der Waals surface area contributed by atoms with Crippen molar-refractivity contribution in [2.24, 2.45) is 0 Å². The zero-order chi connectivity index (χ0) is 46.9. The number of unbranched alkanes of at least 4 members (excludes halogenated alkanes) is 2. The van der Waals surface area contributed by atoms with Gasteiger partial charge in [0.25, 0.3) is 11.8 Å². The number of carboxylic acid groups (broad SMARTS) is 2. The van der Waals surface area contributed by atoms with Crippen LogP contribution in [0.15, 0.2) is 36.7 Å². The molecule has 0 aliphatic carbocycles. The topological polar surface area (TPSA) is 217 Å². The molecular formula is C44H64F2N12O7. The molecule has 2 aliphatic rings. The van der Waals surface area contributed by atoms with Crippen LogP contribution in [0.5, 0.6) is 5.75 Å². The molecule has 19 nitrogen and oxygen atoms in total. The number of nitrogens with one attached hydrogen (secondary N) is 1. The average Bonchev–Trinajstić information content (AvgIpc) is 3.85. The number of likely N-dealkylation sites (tertiary alicyclic amines) is 1. The summed E-state index contributed by atoms with van der Waals surface area (Å²) in [6.45, 7) is 8.53. The highest BCUT2D eigenvalue weighted by molar-refractivity contribution is 6.08. The maximum atomic E-state index is 13.9. The number of likely N-dealkylation sites (N-methyl/N-ethyl adjacent to an activating group) is 1. The lowest BCUT2D eigenvalue weighted by Gasteiger charge is -2.35. The van der Waals surface area contributed by atoms with E-state index in [9.17, 15) is 43.4 Å². The van der Waals surface area contributed by atoms with Gasteiger partial charge in [0.05, 0.1) is 43.6 Å². The van der Waals surface area contributed by atoms with Crippen LogP contribution in [0.25, 0.3) is 10.9 Å². The molecule has 0 bridgehead atoms. The van der Waals surface area contributed by atoms with Gasteiger partial charge in [-0.1, -0.05) is 24.3 Å². The lowest BCUT2D eigenvalue weighted by Crippen LogP contribution is -2.51. The first-order valence-electron chi connectivity index (χ1n) is 22.4. The van der Waals surface area contributed by atoms with E-state index in [2.05, 4.69) is 37.3 Å². The molecule has 0 saturated carbocycles. The Labute approximate surface area is 378 Å². The van der Waals surface area contributed by atoms with Crippen LogP contribution < -0.4 is 10.1 Å². The van der Waals surface area contributed by atoms with Gasteiger partial charge in [0.15, 0.2) is 0 Å². The van der Waals surface area contributed by atoms with Crippen molar-refractivity contribution >= 4 is 34.7 Å². The van der Waals surface area contributed by atoms with Crippen LogP contribution in [0.3, 0.4) is 0 Å². The fourth-order valence-corrected chi connectivity index (χ4v) is 8.30. The number of alkyl halides is 2. The highest BCUT2D eigenvalue weighted by Crippen LogP contribution is 2.32. The van der Waals surface area contributed by atoms with Crippen LogP contribution in [0.2, 0.25) is 0 Å². The number of ether oxygens (including phenoxy) is 1. The Morgan fingerprint density at radius 2 is 1.68 bits per heavy atom. The second kappa shape index (κ2) is 24.8. The van der Waals surface area contributed by atoms with E-state index in [0.717, 1.165) is 49.6 Å². The molecule has 0 spiro atoms. The lowest BCUT2D eigenvalue weighted by molar-refractivity contribution is -0.144. The normalized spacial score (nSPS) is 18.8. The van der Waals surface area contributed by atoms with E-state index >= 15 is 0 Å². The molecule has 2 atom stereocenters. The molecule has 2 amide bonds. The molecule has 2 unspecified atom stereocenters. The number of aliphatic carboxylic acids is 2. The van der Waals surface area contributed by atoms with Gasteiger partial charge in [-0.15, -0.1) is 5.10 Å². The van der Waals surface area contributed by atoms with Crippen LogP contribution in [-0.4, -0.2) is 207 Å². The van der Waals surface area contributed by atoms with Gasteiger partial charge in [0, 0.05) is 89.6 Å². The third-order valence-corrected chi connectivity index (χ3v) is 11.8. The first kappa shape index (κ1) is 50.6. The van der Waals surface area contributed by atoms with E-state index in [1.54, 1.807) is 29.0 Å². The third kappa shape index (κ3) is 15.6. The minimum Gasteiger partial charge on any atom is -0.491 e. The fraction of sp³-hybridized carbons (Fsp3) is 0.636. The monoisotopic (exact) mass is 910 g/mol. The number of rotatable bonds is 21. The maximum Gasteiger partial charge on any atom is 0.320 e. The number of pyridine rings is 1. The minimum atomic E-state index is -3.16. The number of aryl methyl sites for hydroxylation is 1. The van der Waals surface area contributed by atoms with Gasteiger partial charge in [-0.05, 0) is 71.4 Å². The Morgan fingerprint density at radius 3 is 2.38 bits per heavy atom. The number of fused-ring (bicyclic) bond motifs is 1. The average molecular weight is 911 g/mol. The van der Waals surface area contributed by atoms with Gasteiger partial charge < -0.3 is 39.9 Å². The number of carboxylic acids is 2. The Balaban J connectivity index is 1.12. The summed E-state index contributed by atoms with van der Waals surface area (Å²) in [6, 6.07) is 6.46. The molecule has 0 radical (unpaired) electrons. The molecule has 3 N–H and O–H groups in total. The molecule has 4 heterocycles. The molecule has 2 aliphatic heterocycles. The Bertz CT molecular complexity index is 2080. The van der Waals surface area contributed by atoms with E-state index < -0.39 is 61.3 Å². The summed E-state index contributed by atoms with van der Waals surface area (Å²) >= 11 is 0. The molecule has 2 fully saturated rings. The predicted molar refractivity (Wildman–Crippen MR) is 236 cm³/mol. The fourth-order valence-electron chi connectivity index (χ4n) is 8.30. The van der Waals surface area contributed by atoms with Crippen LogP contribution in [0.4, 0.5) is 8.78 Å². The number of amides is 2. The van der Waals surface area contributed by atoms with Crippen LogP contribution >= 0.6 is 0 Å². The summed E-state index contributed by atoms with van der Waals surface area (Å²) in [6.07, 6.45) is 6.05. The van der Waals surface area contributed by atoms with Gasteiger partial charge in [-0.2, -0.15) is 5.26 Å². The van der Waals surface area contributed by atoms with Crippen LogP contribution in [-0.2, 0) is 27.5 Å². The number of carbonyl (C=O) groups is 4. The van der Waals surface area contributed by atoms with E-state index in [1.165, 1.54) is 12.3 Å². The molecule has 1 aromatic carbocycles. The van der Waals surface area contributed by atoms with Gasteiger partial charge in [-0.3, -0.25) is 38.6 Å². The van der Waals surface area contributed by atoms with Crippen molar-refractivity contribution in [3.63, 3.8) is 0 Å². The van der Waals surface area contributed by atoms with E-state index in [0.29, 0.717) is 94.9 Å². The number of nitrogens with zero attached hydrogens (tertiary/aromatic N) is 11. The molecule has 2 aromatic heterocycles. The SMILES string of the molecule is CCN1CCN(CCCCOc2cccc3c(C(=O)NCC(=O)N4CC(F)(F)CC4C#N)ccnc23)CCN(CC(=O)O)CCN(C(CCCCn2cc(CN(C)C)nn2)C(=O)O)CC1. The largest absolute Gasteiger partial charge is 0.491 e. The highest BCUT2D eigenvalue weighted by atomic mass is 19.3. The van der Waals surface area contributed by atoms with Gasteiger partial charge in [-0.25, -0.2) is 8.78 Å². The quantitative estimate of drug-likeness (QED) is 0.131.